The zero-order valence-corrected chi connectivity index (χ0v) is 12.3. The van der Waals surface area contributed by atoms with E-state index in [0.717, 1.165) is 19.3 Å². The highest BCUT2D eigenvalue weighted by atomic mass is 16.6. The van der Waals surface area contributed by atoms with Gasteiger partial charge in [0.25, 0.3) is 0 Å². The molecule has 1 saturated heterocycles. The van der Waals surface area contributed by atoms with Gasteiger partial charge in [-0.2, -0.15) is 0 Å². The first-order valence-electron chi connectivity index (χ1n) is 7.52. The van der Waals surface area contributed by atoms with Gasteiger partial charge in [0.2, 0.25) is 0 Å². The molecule has 0 unspecified atom stereocenters. The molecule has 0 amide bonds. The monoisotopic (exact) mass is 288 g/mol. The maximum Gasteiger partial charge on any atom is 0.114 e. The van der Waals surface area contributed by atoms with Gasteiger partial charge in [0.05, 0.1) is 13.2 Å². The SMILES string of the molecule is C/C=C/CCCCCCO[C@H]1CO[C@@H]([C@H](O)CO)[C@H]1O. The van der Waals surface area contributed by atoms with Gasteiger partial charge in [0, 0.05) is 6.61 Å². The average molecular weight is 288 g/mol. The van der Waals surface area contributed by atoms with Crippen LogP contribution in [0, 0.1) is 0 Å². The lowest BCUT2D eigenvalue weighted by Gasteiger charge is -2.20. The third kappa shape index (κ3) is 5.89. The molecule has 1 rings (SSSR count). The molecule has 118 valence electrons. The summed E-state index contributed by atoms with van der Waals surface area (Å²) in [6.07, 6.45) is 6.78. The number of hydrogen-bond acceptors (Lipinski definition) is 5. The van der Waals surface area contributed by atoms with Gasteiger partial charge in [-0.1, -0.05) is 25.0 Å². The van der Waals surface area contributed by atoms with Crippen LogP contribution in [0.5, 0.6) is 0 Å². The normalized spacial score (nSPS) is 28.3. The molecule has 0 saturated carbocycles. The van der Waals surface area contributed by atoms with E-state index in [4.69, 9.17) is 14.6 Å². The smallest absolute Gasteiger partial charge is 0.114 e. The van der Waals surface area contributed by atoms with Crippen LogP contribution >= 0.6 is 0 Å². The quantitative estimate of drug-likeness (QED) is 0.413. The predicted molar refractivity (Wildman–Crippen MR) is 76.5 cm³/mol. The molecular formula is C15H28O5. The molecule has 4 atom stereocenters. The summed E-state index contributed by atoms with van der Waals surface area (Å²) in [4.78, 5) is 0. The standard InChI is InChI=1S/C15H28O5/c1-2-3-4-5-6-7-8-9-19-13-11-20-15(14(13)18)12(17)10-16/h2-3,12-18H,4-11H2,1H3/b3-2+/t12-,13+,14+,15+/m1/s1. The predicted octanol–water partition coefficient (Wildman–Crippen LogP) is 1.01. The van der Waals surface area contributed by atoms with E-state index < -0.39 is 31.0 Å². The number of allylic oxidation sites excluding steroid dienone is 2. The third-order valence-corrected chi connectivity index (χ3v) is 3.57. The molecule has 1 aliphatic heterocycles. The molecule has 5 nitrogen and oxygen atoms in total. The number of hydrogen-bond donors (Lipinski definition) is 3. The first-order valence-corrected chi connectivity index (χ1v) is 7.52. The van der Waals surface area contributed by atoms with E-state index in [0.29, 0.717) is 6.61 Å². The summed E-state index contributed by atoms with van der Waals surface area (Å²) in [6, 6.07) is 0. The van der Waals surface area contributed by atoms with E-state index in [-0.39, 0.29) is 6.61 Å². The van der Waals surface area contributed by atoms with Crippen LogP contribution in [0.1, 0.15) is 39.0 Å². The molecule has 0 spiro atoms. The first kappa shape index (κ1) is 17.6. The molecule has 1 fully saturated rings. The topological polar surface area (TPSA) is 79.2 Å². The number of unbranched alkanes of at least 4 members (excludes halogenated alkanes) is 4. The Hall–Kier alpha value is -0.460. The van der Waals surface area contributed by atoms with Crippen LogP contribution in [0.4, 0.5) is 0 Å². The van der Waals surface area contributed by atoms with Crippen molar-refractivity contribution in [2.45, 2.75) is 63.4 Å². The molecule has 0 aliphatic carbocycles. The molecule has 0 aromatic rings. The number of aliphatic hydroxyl groups is 3. The molecular weight excluding hydrogens is 260 g/mol. The van der Waals surface area contributed by atoms with Crippen LogP contribution in [0.15, 0.2) is 12.2 Å². The number of rotatable bonds is 10. The van der Waals surface area contributed by atoms with E-state index in [1.807, 2.05) is 6.92 Å². The molecule has 20 heavy (non-hydrogen) atoms. The van der Waals surface area contributed by atoms with Crippen molar-refractivity contribution in [1.82, 2.24) is 0 Å². The Kier molecular flexibility index (Phi) is 9.05. The second-order valence-electron chi connectivity index (χ2n) is 5.22. The first-order chi connectivity index (χ1) is 9.70. The molecule has 3 N–H and O–H groups in total. The highest BCUT2D eigenvalue weighted by molar-refractivity contribution is 4.88. The Balaban J connectivity index is 2.05. The molecule has 5 heteroatoms. The fourth-order valence-corrected chi connectivity index (χ4v) is 2.32. The second kappa shape index (κ2) is 10.3. The van der Waals surface area contributed by atoms with Crippen molar-refractivity contribution in [2.24, 2.45) is 0 Å². The maximum atomic E-state index is 9.92. The van der Waals surface area contributed by atoms with E-state index in [9.17, 15) is 10.2 Å². The summed E-state index contributed by atoms with van der Waals surface area (Å²) >= 11 is 0. The summed E-state index contributed by atoms with van der Waals surface area (Å²) < 4.78 is 10.8. The van der Waals surface area contributed by atoms with E-state index in [1.165, 1.54) is 12.8 Å². The largest absolute Gasteiger partial charge is 0.394 e. The van der Waals surface area contributed by atoms with Crippen LogP contribution in [-0.2, 0) is 9.47 Å². The maximum absolute atomic E-state index is 9.92. The van der Waals surface area contributed by atoms with Gasteiger partial charge in [0.15, 0.2) is 0 Å². The second-order valence-corrected chi connectivity index (χ2v) is 5.22. The molecule has 0 aromatic heterocycles. The zero-order chi connectivity index (χ0) is 14.8. The summed E-state index contributed by atoms with van der Waals surface area (Å²) in [5.41, 5.74) is 0. The molecule has 0 bridgehead atoms. The van der Waals surface area contributed by atoms with Crippen LogP contribution in [0.25, 0.3) is 0 Å². The minimum absolute atomic E-state index is 0.268. The van der Waals surface area contributed by atoms with Crippen LogP contribution in [0.2, 0.25) is 0 Å². The average Bonchev–Trinajstić information content (AvgIpc) is 2.82. The minimum Gasteiger partial charge on any atom is -0.394 e. The minimum atomic E-state index is -1.05. The van der Waals surface area contributed by atoms with Gasteiger partial charge < -0.3 is 24.8 Å². The third-order valence-electron chi connectivity index (χ3n) is 3.57. The van der Waals surface area contributed by atoms with E-state index in [2.05, 4.69) is 12.2 Å². The summed E-state index contributed by atoms with van der Waals surface area (Å²) in [6.45, 7) is 2.48. The van der Waals surface area contributed by atoms with Crippen molar-refractivity contribution in [1.29, 1.82) is 0 Å². The van der Waals surface area contributed by atoms with Crippen molar-refractivity contribution in [2.75, 3.05) is 19.8 Å². The lowest BCUT2D eigenvalue weighted by molar-refractivity contribution is -0.0730. The fourth-order valence-electron chi connectivity index (χ4n) is 2.32. The lowest BCUT2D eigenvalue weighted by Crippen LogP contribution is -2.41. The lowest BCUT2D eigenvalue weighted by atomic mass is 10.1. The van der Waals surface area contributed by atoms with Gasteiger partial charge in [0.1, 0.15) is 24.4 Å². The molecule has 1 heterocycles. The Morgan fingerprint density at radius 3 is 2.75 bits per heavy atom. The van der Waals surface area contributed by atoms with Crippen molar-refractivity contribution in [3.63, 3.8) is 0 Å². The van der Waals surface area contributed by atoms with Crippen molar-refractivity contribution in [3.8, 4) is 0 Å². The number of aliphatic hydroxyl groups excluding tert-OH is 3. The van der Waals surface area contributed by atoms with Crippen LogP contribution in [0.3, 0.4) is 0 Å². The summed E-state index contributed by atoms with van der Waals surface area (Å²) in [5.74, 6) is 0. The van der Waals surface area contributed by atoms with E-state index >= 15 is 0 Å². The Bertz CT molecular complexity index is 269. The molecule has 1 aliphatic rings. The van der Waals surface area contributed by atoms with Gasteiger partial charge in [-0.15, -0.1) is 0 Å². The van der Waals surface area contributed by atoms with Crippen LogP contribution < -0.4 is 0 Å². The highest BCUT2D eigenvalue weighted by Crippen LogP contribution is 2.20. The van der Waals surface area contributed by atoms with Gasteiger partial charge >= 0.3 is 0 Å². The number of ether oxygens (including phenoxy) is 2. The fraction of sp³-hybridized carbons (Fsp3) is 0.867. The van der Waals surface area contributed by atoms with Gasteiger partial charge in [-0.05, 0) is 26.2 Å². The Morgan fingerprint density at radius 2 is 2.05 bits per heavy atom. The Morgan fingerprint density at radius 1 is 1.30 bits per heavy atom. The summed E-state index contributed by atoms with van der Waals surface area (Å²) in [7, 11) is 0. The Labute approximate surface area is 121 Å². The molecule has 0 radical (unpaired) electrons. The van der Waals surface area contributed by atoms with Crippen molar-refractivity contribution >= 4 is 0 Å². The zero-order valence-electron chi connectivity index (χ0n) is 12.3. The van der Waals surface area contributed by atoms with Crippen LogP contribution in [-0.4, -0.2) is 59.6 Å². The highest BCUT2D eigenvalue weighted by Gasteiger charge is 2.40. The van der Waals surface area contributed by atoms with Gasteiger partial charge in [-0.3, -0.25) is 0 Å². The van der Waals surface area contributed by atoms with Crippen molar-refractivity contribution < 1.29 is 24.8 Å². The van der Waals surface area contributed by atoms with Gasteiger partial charge in [-0.25, -0.2) is 0 Å². The van der Waals surface area contributed by atoms with Crippen molar-refractivity contribution in [3.05, 3.63) is 12.2 Å². The molecule has 0 aromatic carbocycles. The summed E-state index contributed by atoms with van der Waals surface area (Å²) in [5, 5.41) is 28.2. The van der Waals surface area contributed by atoms with E-state index in [1.54, 1.807) is 0 Å².